The van der Waals surface area contributed by atoms with Crippen molar-refractivity contribution < 1.29 is 17.9 Å². The molecule has 5 rings (SSSR count). The van der Waals surface area contributed by atoms with Crippen LogP contribution in [-0.4, -0.2) is 63.0 Å². The monoisotopic (exact) mass is 486 g/mol. The van der Waals surface area contributed by atoms with Gasteiger partial charge in [-0.2, -0.15) is 4.31 Å². The smallest absolute Gasteiger partial charge is 0.259 e. The van der Waals surface area contributed by atoms with Gasteiger partial charge in [0.2, 0.25) is 10.0 Å². The van der Waals surface area contributed by atoms with E-state index in [4.69, 9.17) is 4.74 Å². The van der Waals surface area contributed by atoms with E-state index in [0.717, 1.165) is 47.4 Å². The highest BCUT2D eigenvalue weighted by molar-refractivity contribution is 7.89. The van der Waals surface area contributed by atoms with Gasteiger partial charge in [-0.15, -0.1) is 0 Å². The van der Waals surface area contributed by atoms with Crippen LogP contribution < -0.4 is 10.2 Å². The van der Waals surface area contributed by atoms with Crippen LogP contribution in [0.3, 0.4) is 0 Å². The molecule has 1 N–H and O–H groups in total. The normalized spacial score (nSPS) is 17.5. The van der Waals surface area contributed by atoms with Crippen LogP contribution in [0, 0.1) is 6.92 Å². The summed E-state index contributed by atoms with van der Waals surface area (Å²) in [6.45, 7) is 5.06. The number of carbonyl (C=O) groups excluding carboxylic acids is 1. The number of aromatic nitrogens is 1. The predicted octanol–water partition coefficient (Wildman–Crippen LogP) is 3.48. The fraction of sp³-hybridized carbons (Fsp3) is 0.391. The van der Waals surface area contributed by atoms with E-state index in [1.165, 1.54) is 21.7 Å². The lowest BCUT2D eigenvalue weighted by Crippen LogP contribution is -2.40. The lowest BCUT2D eigenvalue weighted by molar-refractivity contribution is 0.0730. The van der Waals surface area contributed by atoms with Crippen molar-refractivity contribution in [1.82, 2.24) is 9.29 Å². The molecular formula is C23H26N4O4S2. The molecule has 3 aromatic rings. The summed E-state index contributed by atoms with van der Waals surface area (Å²) in [6, 6.07) is 10.8. The molecule has 3 heterocycles. The number of benzene rings is 2. The number of hydrogen-bond acceptors (Lipinski definition) is 7. The molecule has 0 aliphatic carbocycles. The Labute approximate surface area is 197 Å². The number of hydrogen-bond donors (Lipinski definition) is 1. The van der Waals surface area contributed by atoms with Crippen LogP contribution in [-0.2, 0) is 14.8 Å². The minimum Gasteiger partial charge on any atom is -0.379 e. The lowest BCUT2D eigenvalue weighted by atomic mass is 10.1. The number of rotatable bonds is 5. The van der Waals surface area contributed by atoms with E-state index in [-0.39, 0.29) is 10.8 Å². The first-order valence-electron chi connectivity index (χ1n) is 11.1. The van der Waals surface area contributed by atoms with Gasteiger partial charge >= 0.3 is 0 Å². The maximum absolute atomic E-state index is 13.4. The Bertz CT molecular complexity index is 1290. The third-order valence-corrected chi connectivity index (χ3v) is 8.86. The number of anilines is 2. The van der Waals surface area contributed by atoms with Gasteiger partial charge in [0, 0.05) is 31.9 Å². The summed E-state index contributed by atoms with van der Waals surface area (Å²) in [5.41, 5.74) is 3.05. The zero-order valence-electron chi connectivity index (χ0n) is 18.4. The van der Waals surface area contributed by atoms with E-state index in [1.807, 2.05) is 25.1 Å². The summed E-state index contributed by atoms with van der Waals surface area (Å²) in [7, 11) is -3.71. The van der Waals surface area contributed by atoms with Crippen molar-refractivity contribution in [1.29, 1.82) is 0 Å². The molecule has 10 heteroatoms. The van der Waals surface area contributed by atoms with Gasteiger partial charge in [-0.25, -0.2) is 13.4 Å². The van der Waals surface area contributed by atoms with Gasteiger partial charge in [-0.3, -0.25) is 10.1 Å². The molecule has 2 fully saturated rings. The molecule has 0 unspecified atom stereocenters. The number of nitrogens with one attached hydrogen (secondary N) is 1. The molecule has 1 amide bonds. The van der Waals surface area contributed by atoms with E-state index in [9.17, 15) is 13.2 Å². The van der Waals surface area contributed by atoms with Gasteiger partial charge in [0.15, 0.2) is 5.13 Å². The highest BCUT2D eigenvalue weighted by atomic mass is 32.2. The van der Waals surface area contributed by atoms with Crippen molar-refractivity contribution in [3.8, 4) is 0 Å². The molecule has 2 aromatic carbocycles. The molecule has 8 nitrogen and oxygen atoms in total. The summed E-state index contributed by atoms with van der Waals surface area (Å²) in [4.78, 5) is 20.2. The van der Waals surface area contributed by atoms with Crippen molar-refractivity contribution in [3.63, 3.8) is 0 Å². The van der Waals surface area contributed by atoms with Crippen LogP contribution in [0.4, 0.5) is 10.8 Å². The van der Waals surface area contributed by atoms with Gasteiger partial charge in [0.25, 0.3) is 5.91 Å². The topological polar surface area (TPSA) is 91.8 Å². The Hall–Kier alpha value is -2.53. The molecule has 0 saturated carbocycles. The highest BCUT2D eigenvalue weighted by Gasteiger charge is 2.29. The molecule has 0 atom stereocenters. The summed E-state index contributed by atoms with van der Waals surface area (Å²) in [6.07, 6.45) is 2.10. The third-order valence-electron chi connectivity index (χ3n) is 6.03. The fourth-order valence-corrected chi connectivity index (χ4v) is 6.67. The molecule has 2 aliphatic heterocycles. The van der Waals surface area contributed by atoms with Crippen LogP contribution >= 0.6 is 11.3 Å². The zero-order valence-corrected chi connectivity index (χ0v) is 20.0. The fourth-order valence-electron chi connectivity index (χ4n) is 4.28. The van der Waals surface area contributed by atoms with Crippen molar-refractivity contribution in [2.45, 2.75) is 24.7 Å². The second-order valence-electron chi connectivity index (χ2n) is 8.33. The van der Waals surface area contributed by atoms with Crippen molar-refractivity contribution in [2.75, 3.05) is 49.6 Å². The van der Waals surface area contributed by atoms with Gasteiger partial charge in [-0.1, -0.05) is 17.4 Å². The molecule has 0 spiro atoms. The first-order valence-corrected chi connectivity index (χ1v) is 13.3. The van der Waals surface area contributed by atoms with Crippen molar-refractivity contribution in [2.24, 2.45) is 0 Å². The van der Waals surface area contributed by atoms with Gasteiger partial charge < -0.3 is 9.64 Å². The van der Waals surface area contributed by atoms with Crippen LogP contribution in [0.1, 0.15) is 28.8 Å². The number of ether oxygens (including phenoxy) is 1. The van der Waals surface area contributed by atoms with Crippen molar-refractivity contribution in [3.05, 3.63) is 47.5 Å². The first-order chi connectivity index (χ1) is 15.9. The molecule has 33 heavy (non-hydrogen) atoms. The maximum atomic E-state index is 13.4. The van der Waals surface area contributed by atoms with Crippen LogP contribution in [0.5, 0.6) is 0 Å². The van der Waals surface area contributed by atoms with E-state index in [1.54, 1.807) is 12.1 Å². The quantitative estimate of drug-likeness (QED) is 0.594. The number of sulfonamides is 1. The Morgan fingerprint density at radius 1 is 1.06 bits per heavy atom. The molecule has 0 radical (unpaired) electrons. The predicted molar refractivity (Wildman–Crippen MR) is 130 cm³/mol. The minimum absolute atomic E-state index is 0.123. The number of amides is 1. The Morgan fingerprint density at radius 3 is 2.58 bits per heavy atom. The number of thiazole rings is 1. The number of carbonyl (C=O) groups is 1. The van der Waals surface area contributed by atoms with E-state index in [2.05, 4.69) is 15.2 Å². The highest BCUT2D eigenvalue weighted by Crippen LogP contribution is 2.31. The number of fused-ring (bicyclic) bond motifs is 1. The van der Waals surface area contributed by atoms with Crippen LogP contribution in [0.2, 0.25) is 0 Å². The summed E-state index contributed by atoms with van der Waals surface area (Å²) < 4.78 is 34.1. The molecule has 174 valence electrons. The second-order valence-corrected chi connectivity index (χ2v) is 11.3. The van der Waals surface area contributed by atoms with Crippen molar-refractivity contribution >= 4 is 48.3 Å². The largest absolute Gasteiger partial charge is 0.379 e. The van der Waals surface area contributed by atoms with Gasteiger partial charge in [0.05, 0.1) is 33.9 Å². The number of aryl methyl sites for hydroxylation is 1. The standard InChI is InChI=1S/C23H26N4O4S2/c1-16-4-6-19-21(14-16)32-23(24-19)25-22(28)18-15-17(5-7-20(18)26-8-2-3-9-26)33(29,30)27-10-12-31-13-11-27/h4-7,14-15H,2-3,8-13H2,1H3,(H,24,25,28). The molecule has 2 saturated heterocycles. The molecule has 0 bridgehead atoms. The Kier molecular flexibility index (Phi) is 6.09. The Morgan fingerprint density at radius 2 is 1.82 bits per heavy atom. The Balaban J connectivity index is 1.50. The molecule has 2 aliphatic rings. The maximum Gasteiger partial charge on any atom is 0.259 e. The zero-order chi connectivity index (χ0) is 23.0. The molecule has 1 aromatic heterocycles. The summed E-state index contributed by atoms with van der Waals surface area (Å²) >= 11 is 1.41. The molecular weight excluding hydrogens is 460 g/mol. The van der Waals surface area contributed by atoms with Gasteiger partial charge in [-0.05, 0) is 55.7 Å². The second kappa shape index (κ2) is 9.02. The minimum atomic E-state index is -3.71. The third kappa shape index (κ3) is 4.48. The summed E-state index contributed by atoms with van der Waals surface area (Å²) in [5, 5.41) is 3.40. The van der Waals surface area contributed by atoms with Gasteiger partial charge in [0.1, 0.15) is 0 Å². The van der Waals surface area contributed by atoms with E-state index in [0.29, 0.717) is 37.0 Å². The van der Waals surface area contributed by atoms with E-state index < -0.39 is 10.0 Å². The van der Waals surface area contributed by atoms with E-state index >= 15 is 0 Å². The SMILES string of the molecule is Cc1ccc2nc(NC(=O)c3cc(S(=O)(=O)N4CCOCC4)ccc3N3CCCC3)sc2c1. The number of morpholine rings is 1. The summed E-state index contributed by atoms with van der Waals surface area (Å²) in [5.74, 6) is -0.355. The average molecular weight is 487 g/mol. The van der Waals surface area contributed by atoms with Crippen LogP contribution in [0.25, 0.3) is 10.2 Å². The number of nitrogens with zero attached hydrogens (tertiary/aromatic N) is 3. The van der Waals surface area contributed by atoms with Crippen LogP contribution in [0.15, 0.2) is 41.3 Å². The first kappa shape index (κ1) is 22.3. The lowest BCUT2D eigenvalue weighted by Gasteiger charge is -2.27. The average Bonchev–Trinajstić information content (AvgIpc) is 3.48.